The molecule has 4 rings (SSSR count). The Hall–Kier alpha value is -3.52. The second-order valence-corrected chi connectivity index (χ2v) is 9.64. The van der Waals surface area contributed by atoms with Crippen LogP contribution in [0, 0.1) is 5.82 Å². The number of carbonyl (C=O) groups is 2. The van der Waals surface area contributed by atoms with E-state index in [0.717, 1.165) is 30.8 Å². The molecule has 9 heteroatoms. The van der Waals surface area contributed by atoms with Crippen LogP contribution in [0.4, 0.5) is 10.2 Å². The van der Waals surface area contributed by atoms with Gasteiger partial charge in [-0.3, -0.25) is 9.59 Å². The van der Waals surface area contributed by atoms with Crippen molar-refractivity contribution in [2.45, 2.75) is 32.7 Å². The standard InChI is InChI=1S/C28H31ClFN5O2/c1-3-20(2)35(28(37)22-5-9-23(29)10-6-22)19-27(36)34-16-4-15-33(17-18-34)26-14-13-25(31-32-26)21-7-11-24(30)12-8-21/h5-14,20H,3-4,15-19H2,1-2H3/t20-/m1/s1. The lowest BCUT2D eigenvalue weighted by atomic mass is 10.1. The SMILES string of the molecule is CC[C@@H](C)N(CC(=O)N1CCCN(c2ccc(-c3ccc(F)cc3)nn2)CC1)C(=O)c1ccc(Cl)cc1. The summed E-state index contributed by atoms with van der Waals surface area (Å²) in [6.45, 7) is 6.49. The minimum Gasteiger partial charge on any atom is -0.353 e. The van der Waals surface area contributed by atoms with E-state index in [1.807, 2.05) is 30.9 Å². The first-order valence-electron chi connectivity index (χ1n) is 12.5. The molecule has 37 heavy (non-hydrogen) atoms. The molecule has 0 aliphatic carbocycles. The molecule has 0 bridgehead atoms. The van der Waals surface area contributed by atoms with E-state index in [-0.39, 0.29) is 30.2 Å². The fourth-order valence-corrected chi connectivity index (χ4v) is 4.44. The highest BCUT2D eigenvalue weighted by atomic mass is 35.5. The Morgan fingerprint density at radius 3 is 2.35 bits per heavy atom. The van der Waals surface area contributed by atoms with Crippen LogP contribution in [0.3, 0.4) is 0 Å². The van der Waals surface area contributed by atoms with Crippen LogP contribution >= 0.6 is 11.6 Å². The number of nitrogens with zero attached hydrogens (tertiary/aromatic N) is 5. The summed E-state index contributed by atoms with van der Waals surface area (Å²) in [6, 6.07) is 16.6. The summed E-state index contributed by atoms with van der Waals surface area (Å²) < 4.78 is 13.2. The van der Waals surface area contributed by atoms with E-state index in [0.29, 0.717) is 35.9 Å². The molecular weight excluding hydrogens is 493 g/mol. The molecule has 0 saturated carbocycles. The third-order valence-corrected chi connectivity index (χ3v) is 7.00. The van der Waals surface area contributed by atoms with Crippen molar-refractivity contribution in [3.05, 3.63) is 77.1 Å². The number of aromatic nitrogens is 2. The molecule has 7 nitrogen and oxygen atoms in total. The molecule has 1 aliphatic heterocycles. The molecule has 2 amide bonds. The van der Waals surface area contributed by atoms with Crippen molar-refractivity contribution < 1.29 is 14.0 Å². The summed E-state index contributed by atoms with van der Waals surface area (Å²) in [5.74, 6) is 0.201. The first-order valence-corrected chi connectivity index (χ1v) is 12.9. The highest BCUT2D eigenvalue weighted by Gasteiger charge is 2.27. The fourth-order valence-electron chi connectivity index (χ4n) is 4.32. The Balaban J connectivity index is 1.39. The van der Waals surface area contributed by atoms with Gasteiger partial charge in [0.2, 0.25) is 5.91 Å². The van der Waals surface area contributed by atoms with Crippen LogP contribution in [0.15, 0.2) is 60.7 Å². The molecular formula is C28H31ClFN5O2. The van der Waals surface area contributed by atoms with E-state index in [4.69, 9.17) is 11.6 Å². The Morgan fingerprint density at radius 1 is 0.973 bits per heavy atom. The summed E-state index contributed by atoms with van der Waals surface area (Å²) in [5, 5.41) is 9.25. The van der Waals surface area contributed by atoms with Gasteiger partial charge in [0.05, 0.1) is 5.69 Å². The lowest BCUT2D eigenvalue weighted by Crippen LogP contribution is -2.47. The minimum absolute atomic E-state index is 0.0304. The number of halogens is 2. The molecule has 2 heterocycles. The number of anilines is 1. The summed E-state index contributed by atoms with van der Waals surface area (Å²) >= 11 is 5.97. The number of hydrogen-bond donors (Lipinski definition) is 0. The summed E-state index contributed by atoms with van der Waals surface area (Å²) in [7, 11) is 0. The normalized spacial score (nSPS) is 14.7. The van der Waals surface area contributed by atoms with Crippen molar-refractivity contribution >= 4 is 29.2 Å². The smallest absolute Gasteiger partial charge is 0.254 e. The highest BCUT2D eigenvalue weighted by Crippen LogP contribution is 2.20. The second-order valence-electron chi connectivity index (χ2n) is 9.20. The molecule has 0 spiro atoms. The van der Waals surface area contributed by atoms with Gasteiger partial charge in [0.25, 0.3) is 5.91 Å². The van der Waals surface area contributed by atoms with Crippen LogP contribution in [-0.4, -0.2) is 70.6 Å². The van der Waals surface area contributed by atoms with Crippen LogP contribution in [0.25, 0.3) is 11.3 Å². The quantitative estimate of drug-likeness (QED) is 0.440. The van der Waals surface area contributed by atoms with Gasteiger partial charge in [0, 0.05) is 48.4 Å². The number of rotatable bonds is 7. The molecule has 3 aromatic rings. The van der Waals surface area contributed by atoms with Gasteiger partial charge in [-0.15, -0.1) is 10.2 Å². The van der Waals surface area contributed by atoms with Gasteiger partial charge in [-0.1, -0.05) is 18.5 Å². The maximum Gasteiger partial charge on any atom is 0.254 e. The van der Waals surface area contributed by atoms with Gasteiger partial charge in [-0.2, -0.15) is 0 Å². The Bertz CT molecular complexity index is 1200. The maximum atomic E-state index is 13.3. The van der Waals surface area contributed by atoms with Crippen LogP contribution in [-0.2, 0) is 4.79 Å². The first-order chi connectivity index (χ1) is 17.9. The highest BCUT2D eigenvalue weighted by molar-refractivity contribution is 6.30. The zero-order valence-corrected chi connectivity index (χ0v) is 21.9. The second kappa shape index (κ2) is 12.1. The molecule has 1 saturated heterocycles. The van der Waals surface area contributed by atoms with Gasteiger partial charge >= 0.3 is 0 Å². The van der Waals surface area contributed by atoms with E-state index in [1.165, 1.54) is 12.1 Å². The molecule has 0 unspecified atom stereocenters. The number of benzene rings is 2. The topological polar surface area (TPSA) is 69.6 Å². The largest absolute Gasteiger partial charge is 0.353 e. The maximum absolute atomic E-state index is 13.3. The Morgan fingerprint density at radius 2 is 1.70 bits per heavy atom. The summed E-state index contributed by atoms with van der Waals surface area (Å²) in [5.41, 5.74) is 1.99. The predicted molar refractivity (Wildman–Crippen MR) is 143 cm³/mol. The average Bonchev–Trinajstić information content (AvgIpc) is 3.18. The molecule has 0 N–H and O–H groups in total. The number of carbonyl (C=O) groups excluding carboxylic acids is 2. The molecule has 0 radical (unpaired) electrons. The molecule has 1 aliphatic rings. The van der Waals surface area contributed by atoms with Crippen LogP contribution in [0.2, 0.25) is 5.02 Å². The zero-order chi connectivity index (χ0) is 26.4. The molecule has 194 valence electrons. The van der Waals surface area contributed by atoms with Crippen LogP contribution < -0.4 is 4.90 Å². The van der Waals surface area contributed by atoms with Crippen molar-refractivity contribution in [2.75, 3.05) is 37.6 Å². The molecule has 1 aromatic heterocycles. The van der Waals surface area contributed by atoms with Crippen molar-refractivity contribution in [3.8, 4) is 11.3 Å². The molecule has 1 atom stereocenters. The average molecular weight is 524 g/mol. The van der Waals surface area contributed by atoms with Crippen molar-refractivity contribution in [3.63, 3.8) is 0 Å². The van der Waals surface area contributed by atoms with Gasteiger partial charge in [0.1, 0.15) is 12.4 Å². The van der Waals surface area contributed by atoms with Crippen LogP contribution in [0.5, 0.6) is 0 Å². The van der Waals surface area contributed by atoms with Gasteiger partial charge in [0.15, 0.2) is 5.82 Å². The summed E-state index contributed by atoms with van der Waals surface area (Å²) in [6.07, 6.45) is 1.52. The van der Waals surface area contributed by atoms with E-state index in [1.54, 1.807) is 41.3 Å². The van der Waals surface area contributed by atoms with E-state index < -0.39 is 0 Å². The van der Waals surface area contributed by atoms with Crippen molar-refractivity contribution in [2.24, 2.45) is 0 Å². The van der Waals surface area contributed by atoms with E-state index >= 15 is 0 Å². The first kappa shape index (κ1) is 26.5. The van der Waals surface area contributed by atoms with Gasteiger partial charge in [-0.25, -0.2) is 4.39 Å². The molecule has 2 aromatic carbocycles. The Kier molecular flexibility index (Phi) is 8.71. The van der Waals surface area contributed by atoms with E-state index in [9.17, 15) is 14.0 Å². The van der Waals surface area contributed by atoms with E-state index in [2.05, 4.69) is 15.1 Å². The number of amides is 2. The van der Waals surface area contributed by atoms with Gasteiger partial charge in [-0.05, 0) is 80.4 Å². The zero-order valence-electron chi connectivity index (χ0n) is 21.1. The monoisotopic (exact) mass is 523 g/mol. The lowest BCUT2D eigenvalue weighted by Gasteiger charge is -2.31. The van der Waals surface area contributed by atoms with Gasteiger partial charge < -0.3 is 14.7 Å². The lowest BCUT2D eigenvalue weighted by molar-refractivity contribution is -0.132. The predicted octanol–water partition coefficient (Wildman–Crippen LogP) is 4.92. The third-order valence-electron chi connectivity index (χ3n) is 6.74. The number of hydrogen-bond acceptors (Lipinski definition) is 5. The van der Waals surface area contributed by atoms with Crippen molar-refractivity contribution in [1.82, 2.24) is 20.0 Å². The molecule has 1 fully saturated rings. The minimum atomic E-state index is -0.293. The van der Waals surface area contributed by atoms with Crippen molar-refractivity contribution in [1.29, 1.82) is 0 Å². The third kappa shape index (κ3) is 6.63. The summed E-state index contributed by atoms with van der Waals surface area (Å²) in [4.78, 5) is 32.1. The van der Waals surface area contributed by atoms with Crippen LogP contribution in [0.1, 0.15) is 37.0 Å². The fraction of sp³-hybridized carbons (Fsp3) is 0.357. The Labute approximate surface area is 221 Å².